The van der Waals surface area contributed by atoms with E-state index in [2.05, 4.69) is 21.5 Å². The summed E-state index contributed by atoms with van der Waals surface area (Å²) in [4.78, 5) is 17.2. The summed E-state index contributed by atoms with van der Waals surface area (Å²) >= 11 is 0. The van der Waals surface area contributed by atoms with E-state index in [1.807, 2.05) is 0 Å². The van der Waals surface area contributed by atoms with E-state index in [0.29, 0.717) is 48.4 Å². The number of aliphatic hydroxyl groups is 1. The minimum absolute atomic E-state index is 0.263. The highest BCUT2D eigenvalue weighted by molar-refractivity contribution is 6.04. The van der Waals surface area contributed by atoms with E-state index in [4.69, 9.17) is 0 Å². The van der Waals surface area contributed by atoms with E-state index in [1.54, 1.807) is 19.1 Å². The van der Waals surface area contributed by atoms with Crippen LogP contribution in [0, 0.1) is 18.3 Å². The number of rotatable bonds is 4. The maximum absolute atomic E-state index is 12.8. The van der Waals surface area contributed by atoms with Crippen LogP contribution in [0.5, 0.6) is 0 Å². The molecule has 2 aromatic heterocycles. The Morgan fingerprint density at radius 3 is 2.41 bits per heavy atom. The molecule has 7 nitrogen and oxygen atoms in total. The molecule has 2 N–H and O–H groups in total. The third-order valence-corrected chi connectivity index (χ3v) is 6.23. The van der Waals surface area contributed by atoms with Gasteiger partial charge in [0.05, 0.1) is 63.9 Å². The monoisotopic (exact) mass is 469 g/mol. The van der Waals surface area contributed by atoms with Gasteiger partial charge in [0.2, 0.25) is 0 Å². The summed E-state index contributed by atoms with van der Waals surface area (Å²) in [6.45, 7) is 1.65. The number of nitrogens with one attached hydrogen (secondary N) is 1. The van der Waals surface area contributed by atoms with E-state index in [9.17, 15) is 28.3 Å². The second-order valence-corrected chi connectivity index (χ2v) is 8.41. The van der Waals surface area contributed by atoms with Gasteiger partial charge in [0.25, 0.3) is 5.91 Å². The van der Waals surface area contributed by atoms with Crippen molar-refractivity contribution in [3.05, 3.63) is 71.3 Å². The van der Waals surface area contributed by atoms with Crippen molar-refractivity contribution >= 4 is 11.6 Å². The maximum Gasteiger partial charge on any atom is 0.416 e. The van der Waals surface area contributed by atoms with Gasteiger partial charge >= 0.3 is 6.18 Å². The third kappa shape index (κ3) is 4.52. The molecule has 34 heavy (non-hydrogen) atoms. The topological polar surface area (TPSA) is 104 Å². The molecule has 0 radical (unpaired) electrons. The number of nitrogens with zero attached hydrogens (tertiary/aromatic N) is 4. The second-order valence-electron chi connectivity index (χ2n) is 8.41. The number of halogens is 3. The molecule has 0 unspecified atom stereocenters. The van der Waals surface area contributed by atoms with Gasteiger partial charge in [-0.2, -0.15) is 23.5 Å². The standard InChI is InChI=1S/C24H22F3N5O2/c1-15-20(13-30-32(15)18-5-2-16(3-6-18)24(25,26)27)22(34)31-17-4-7-21(29-12-17)23(14-28)10-8-19(33)9-11-23/h2-7,12-13,19,33H,8-11H2,1H3,(H,31,34)/t19-,23+. The van der Waals surface area contributed by atoms with Gasteiger partial charge in [-0.15, -0.1) is 0 Å². The van der Waals surface area contributed by atoms with Crippen LogP contribution in [0.4, 0.5) is 18.9 Å². The number of carbonyl (C=O) groups is 1. The van der Waals surface area contributed by atoms with E-state index < -0.39 is 29.2 Å². The Balaban J connectivity index is 1.48. The molecular formula is C24H22F3N5O2. The quantitative estimate of drug-likeness (QED) is 0.584. The highest BCUT2D eigenvalue weighted by atomic mass is 19.4. The van der Waals surface area contributed by atoms with Gasteiger partial charge in [-0.05, 0) is 69.0 Å². The van der Waals surface area contributed by atoms with Crippen LogP contribution in [-0.4, -0.2) is 31.9 Å². The lowest BCUT2D eigenvalue weighted by Gasteiger charge is -2.32. The smallest absolute Gasteiger partial charge is 0.393 e. The van der Waals surface area contributed by atoms with E-state index in [-0.39, 0.29) is 5.56 Å². The molecule has 0 spiro atoms. The van der Waals surface area contributed by atoms with Crippen LogP contribution < -0.4 is 5.32 Å². The lowest BCUT2D eigenvalue weighted by Crippen LogP contribution is -2.33. The molecule has 1 aliphatic rings. The Hall–Kier alpha value is -3.71. The van der Waals surface area contributed by atoms with Crippen LogP contribution >= 0.6 is 0 Å². The minimum Gasteiger partial charge on any atom is -0.393 e. The van der Waals surface area contributed by atoms with Gasteiger partial charge in [-0.3, -0.25) is 9.78 Å². The molecule has 4 rings (SSSR count). The Morgan fingerprint density at radius 2 is 1.85 bits per heavy atom. The number of amides is 1. The van der Waals surface area contributed by atoms with Crippen molar-refractivity contribution in [2.24, 2.45) is 0 Å². The fourth-order valence-corrected chi connectivity index (χ4v) is 4.15. The summed E-state index contributed by atoms with van der Waals surface area (Å²) in [5, 5.41) is 26.3. The molecular weight excluding hydrogens is 447 g/mol. The van der Waals surface area contributed by atoms with Gasteiger partial charge in [-0.25, -0.2) is 4.68 Å². The fourth-order valence-electron chi connectivity index (χ4n) is 4.15. The number of alkyl halides is 3. The Labute approximate surface area is 193 Å². The zero-order chi connectivity index (χ0) is 24.5. The number of anilines is 1. The summed E-state index contributed by atoms with van der Waals surface area (Å²) in [5.74, 6) is -0.444. The van der Waals surface area contributed by atoms with Gasteiger partial charge in [-0.1, -0.05) is 0 Å². The fraction of sp³-hybridized carbons (Fsp3) is 0.333. The molecule has 3 aromatic rings. The average molecular weight is 469 g/mol. The third-order valence-electron chi connectivity index (χ3n) is 6.23. The van der Waals surface area contributed by atoms with Crippen molar-refractivity contribution < 1.29 is 23.1 Å². The molecule has 1 aromatic carbocycles. The molecule has 0 bridgehead atoms. The predicted molar refractivity (Wildman–Crippen MR) is 117 cm³/mol. The molecule has 0 aliphatic heterocycles. The first kappa shape index (κ1) is 23.4. The molecule has 1 amide bonds. The number of carbonyl (C=O) groups excluding carboxylic acids is 1. The molecule has 1 aliphatic carbocycles. The Morgan fingerprint density at radius 1 is 1.18 bits per heavy atom. The average Bonchev–Trinajstić information content (AvgIpc) is 3.21. The zero-order valence-electron chi connectivity index (χ0n) is 18.3. The molecule has 0 atom stereocenters. The highest BCUT2D eigenvalue weighted by Crippen LogP contribution is 2.38. The lowest BCUT2D eigenvalue weighted by molar-refractivity contribution is -0.137. The van der Waals surface area contributed by atoms with E-state index in [0.717, 1.165) is 12.1 Å². The van der Waals surface area contributed by atoms with Gasteiger partial charge in [0, 0.05) is 0 Å². The van der Waals surface area contributed by atoms with Crippen LogP contribution in [0.2, 0.25) is 0 Å². The first-order valence-corrected chi connectivity index (χ1v) is 10.7. The number of hydrogen-bond donors (Lipinski definition) is 2. The molecule has 1 fully saturated rings. The van der Waals surface area contributed by atoms with Crippen LogP contribution in [0.15, 0.2) is 48.8 Å². The number of nitriles is 1. The van der Waals surface area contributed by atoms with Crippen molar-refractivity contribution in [1.29, 1.82) is 5.26 Å². The molecule has 0 saturated heterocycles. The predicted octanol–water partition coefficient (Wildman–Crippen LogP) is 4.54. The highest BCUT2D eigenvalue weighted by Gasteiger charge is 2.38. The van der Waals surface area contributed by atoms with Crippen LogP contribution in [0.1, 0.15) is 53.0 Å². The van der Waals surface area contributed by atoms with Crippen LogP contribution in [0.3, 0.4) is 0 Å². The summed E-state index contributed by atoms with van der Waals surface area (Å²) < 4.78 is 39.8. The van der Waals surface area contributed by atoms with Gasteiger partial charge < -0.3 is 10.4 Å². The summed E-state index contributed by atoms with van der Waals surface area (Å²) in [6.07, 6.45) is 0.113. The largest absolute Gasteiger partial charge is 0.416 e. The van der Waals surface area contributed by atoms with Crippen LogP contribution in [-0.2, 0) is 11.6 Å². The van der Waals surface area contributed by atoms with E-state index >= 15 is 0 Å². The van der Waals surface area contributed by atoms with Crippen LogP contribution in [0.25, 0.3) is 5.69 Å². The lowest BCUT2D eigenvalue weighted by atomic mass is 9.72. The first-order chi connectivity index (χ1) is 16.1. The first-order valence-electron chi connectivity index (χ1n) is 10.7. The molecule has 2 heterocycles. The summed E-state index contributed by atoms with van der Waals surface area (Å²) in [5.41, 5.74) is 0.643. The number of aromatic nitrogens is 3. The maximum atomic E-state index is 12.8. The van der Waals surface area contributed by atoms with Crippen molar-refractivity contribution in [3.63, 3.8) is 0 Å². The number of benzene rings is 1. The zero-order valence-corrected chi connectivity index (χ0v) is 18.3. The molecule has 176 valence electrons. The van der Waals surface area contributed by atoms with Crippen molar-refractivity contribution in [1.82, 2.24) is 14.8 Å². The second kappa shape index (κ2) is 8.91. The number of pyridine rings is 1. The van der Waals surface area contributed by atoms with E-state index in [1.165, 1.54) is 29.2 Å². The summed E-state index contributed by atoms with van der Waals surface area (Å²) in [6, 6.07) is 10.2. The number of aliphatic hydroxyl groups excluding tert-OH is 1. The normalized spacial score (nSPS) is 20.5. The van der Waals surface area contributed by atoms with Crippen molar-refractivity contribution in [2.45, 2.75) is 50.3 Å². The minimum atomic E-state index is -4.43. The van der Waals surface area contributed by atoms with Crippen molar-refractivity contribution in [3.8, 4) is 11.8 Å². The molecule has 10 heteroatoms. The number of hydrogen-bond acceptors (Lipinski definition) is 5. The van der Waals surface area contributed by atoms with Gasteiger partial charge in [0.1, 0.15) is 0 Å². The van der Waals surface area contributed by atoms with Crippen molar-refractivity contribution in [2.75, 3.05) is 5.32 Å². The Kier molecular flexibility index (Phi) is 6.15. The molecule has 1 saturated carbocycles. The SMILES string of the molecule is Cc1c(C(=O)Nc2ccc([C@]3(C#N)CC[C@H](O)CC3)nc2)cnn1-c1ccc(C(F)(F)F)cc1. The summed E-state index contributed by atoms with van der Waals surface area (Å²) in [7, 11) is 0. The Bertz CT molecular complexity index is 1220. The van der Waals surface area contributed by atoms with Gasteiger partial charge in [0.15, 0.2) is 0 Å².